The molecule has 0 heterocycles. The van der Waals surface area contributed by atoms with Gasteiger partial charge in [-0.05, 0) is 48.6 Å². The summed E-state index contributed by atoms with van der Waals surface area (Å²) >= 11 is 0. The molecule has 19 heavy (non-hydrogen) atoms. The standard InChI is InChI=1S/C18H21N/c1-3-19-18-11-9-16-12-15(8-10-17(16)18)14-6-4-13(2)5-7-14/h4-8,10,12,18-19H,3,9,11H2,1-2H3. The quantitative estimate of drug-likeness (QED) is 0.859. The molecule has 0 spiro atoms. The molecule has 0 saturated heterocycles. The molecule has 3 rings (SSSR count). The topological polar surface area (TPSA) is 12.0 Å². The summed E-state index contributed by atoms with van der Waals surface area (Å²) in [5.74, 6) is 0. The fourth-order valence-corrected chi connectivity index (χ4v) is 3.00. The van der Waals surface area contributed by atoms with Gasteiger partial charge in [0.2, 0.25) is 0 Å². The van der Waals surface area contributed by atoms with Crippen molar-refractivity contribution in [3.63, 3.8) is 0 Å². The molecular formula is C18H21N. The second-order valence-corrected chi connectivity index (χ2v) is 5.43. The molecule has 2 aromatic rings. The van der Waals surface area contributed by atoms with E-state index >= 15 is 0 Å². The Balaban J connectivity index is 1.92. The maximum atomic E-state index is 3.57. The second-order valence-electron chi connectivity index (χ2n) is 5.43. The van der Waals surface area contributed by atoms with Crippen molar-refractivity contribution in [2.45, 2.75) is 32.7 Å². The fraction of sp³-hybridized carbons (Fsp3) is 0.333. The van der Waals surface area contributed by atoms with Crippen LogP contribution in [0.3, 0.4) is 0 Å². The zero-order valence-electron chi connectivity index (χ0n) is 11.7. The summed E-state index contributed by atoms with van der Waals surface area (Å²) in [7, 11) is 0. The molecule has 0 aliphatic heterocycles. The van der Waals surface area contributed by atoms with E-state index in [1.54, 1.807) is 0 Å². The third kappa shape index (κ3) is 2.43. The molecule has 1 unspecified atom stereocenters. The van der Waals surface area contributed by atoms with Gasteiger partial charge in [0.1, 0.15) is 0 Å². The molecule has 2 aromatic carbocycles. The van der Waals surface area contributed by atoms with E-state index in [1.807, 2.05) is 0 Å². The summed E-state index contributed by atoms with van der Waals surface area (Å²) in [5.41, 5.74) is 7.00. The molecule has 1 aliphatic carbocycles. The Labute approximate surface area is 115 Å². The Kier molecular flexibility index (Phi) is 3.39. The van der Waals surface area contributed by atoms with Crippen molar-refractivity contribution in [1.29, 1.82) is 0 Å². The minimum absolute atomic E-state index is 0.562. The summed E-state index contributed by atoms with van der Waals surface area (Å²) in [5, 5.41) is 3.57. The summed E-state index contributed by atoms with van der Waals surface area (Å²) in [6, 6.07) is 16.3. The minimum Gasteiger partial charge on any atom is -0.310 e. The molecule has 1 aliphatic rings. The number of hydrogen-bond donors (Lipinski definition) is 1. The molecule has 0 bridgehead atoms. The van der Waals surface area contributed by atoms with E-state index in [-0.39, 0.29) is 0 Å². The first-order chi connectivity index (χ1) is 9.28. The first-order valence-electron chi connectivity index (χ1n) is 7.21. The van der Waals surface area contributed by atoms with Crippen LogP contribution in [-0.4, -0.2) is 6.54 Å². The molecule has 0 fully saturated rings. The minimum atomic E-state index is 0.562. The van der Waals surface area contributed by atoms with E-state index in [0.717, 1.165) is 6.54 Å². The van der Waals surface area contributed by atoms with Crippen LogP contribution in [0.25, 0.3) is 11.1 Å². The smallest absolute Gasteiger partial charge is 0.0326 e. The van der Waals surface area contributed by atoms with Crippen molar-refractivity contribution in [3.8, 4) is 11.1 Å². The van der Waals surface area contributed by atoms with Crippen LogP contribution in [0.2, 0.25) is 0 Å². The molecule has 1 atom stereocenters. The lowest BCUT2D eigenvalue weighted by atomic mass is 9.99. The number of rotatable bonds is 3. The summed E-state index contributed by atoms with van der Waals surface area (Å²) in [4.78, 5) is 0. The van der Waals surface area contributed by atoms with Gasteiger partial charge in [-0.3, -0.25) is 0 Å². The van der Waals surface area contributed by atoms with Crippen LogP contribution < -0.4 is 5.32 Å². The van der Waals surface area contributed by atoms with Crippen LogP contribution in [0, 0.1) is 6.92 Å². The predicted molar refractivity (Wildman–Crippen MR) is 81.4 cm³/mol. The van der Waals surface area contributed by atoms with Crippen LogP contribution in [-0.2, 0) is 6.42 Å². The first kappa shape index (κ1) is 12.4. The molecular weight excluding hydrogens is 230 g/mol. The Hall–Kier alpha value is -1.60. The summed E-state index contributed by atoms with van der Waals surface area (Å²) in [6.07, 6.45) is 2.44. The molecule has 0 saturated carbocycles. The van der Waals surface area contributed by atoms with Crippen LogP contribution >= 0.6 is 0 Å². The average molecular weight is 251 g/mol. The van der Waals surface area contributed by atoms with Crippen molar-refractivity contribution >= 4 is 0 Å². The normalized spacial score (nSPS) is 17.5. The van der Waals surface area contributed by atoms with Crippen molar-refractivity contribution in [1.82, 2.24) is 5.32 Å². The van der Waals surface area contributed by atoms with Crippen LogP contribution in [0.4, 0.5) is 0 Å². The highest BCUT2D eigenvalue weighted by atomic mass is 14.9. The Morgan fingerprint density at radius 3 is 2.53 bits per heavy atom. The Morgan fingerprint density at radius 1 is 1.05 bits per heavy atom. The molecule has 98 valence electrons. The molecule has 1 N–H and O–H groups in total. The van der Waals surface area contributed by atoms with Crippen molar-refractivity contribution in [2.75, 3.05) is 6.54 Å². The lowest BCUT2D eigenvalue weighted by molar-refractivity contribution is 0.549. The molecule has 0 amide bonds. The number of hydrogen-bond acceptors (Lipinski definition) is 1. The number of nitrogens with one attached hydrogen (secondary N) is 1. The fourth-order valence-electron chi connectivity index (χ4n) is 3.00. The average Bonchev–Trinajstić information content (AvgIpc) is 2.83. The van der Waals surface area contributed by atoms with E-state index in [0.29, 0.717) is 6.04 Å². The Morgan fingerprint density at radius 2 is 1.79 bits per heavy atom. The molecule has 0 radical (unpaired) electrons. The zero-order valence-corrected chi connectivity index (χ0v) is 11.7. The monoisotopic (exact) mass is 251 g/mol. The first-order valence-corrected chi connectivity index (χ1v) is 7.21. The van der Waals surface area contributed by atoms with Gasteiger partial charge in [-0.2, -0.15) is 0 Å². The predicted octanol–water partition coefficient (Wildman–Crippen LogP) is 4.26. The zero-order chi connectivity index (χ0) is 13.2. The van der Waals surface area contributed by atoms with Gasteiger partial charge in [0, 0.05) is 6.04 Å². The summed E-state index contributed by atoms with van der Waals surface area (Å²) in [6.45, 7) is 5.36. The van der Waals surface area contributed by atoms with E-state index in [1.165, 1.54) is 40.7 Å². The van der Waals surface area contributed by atoms with Gasteiger partial charge >= 0.3 is 0 Å². The van der Waals surface area contributed by atoms with E-state index in [4.69, 9.17) is 0 Å². The van der Waals surface area contributed by atoms with Crippen molar-refractivity contribution in [2.24, 2.45) is 0 Å². The molecule has 0 aromatic heterocycles. The van der Waals surface area contributed by atoms with E-state index < -0.39 is 0 Å². The number of aryl methyl sites for hydroxylation is 2. The van der Waals surface area contributed by atoms with Crippen LogP contribution in [0.15, 0.2) is 42.5 Å². The molecule has 1 nitrogen and oxygen atoms in total. The highest BCUT2D eigenvalue weighted by Crippen LogP contribution is 2.34. The largest absolute Gasteiger partial charge is 0.310 e. The number of fused-ring (bicyclic) bond motifs is 1. The molecule has 1 heteroatoms. The van der Waals surface area contributed by atoms with Gasteiger partial charge in [0.05, 0.1) is 0 Å². The number of benzene rings is 2. The van der Waals surface area contributed by atoms with Gasteiger partial charge in [-0.1, -0.05) is 55.0 Å². The second kappa shape index (κ2) is 5.18. The lowest BCUT2D eigenvalue weighted by Crippen LogP contribution is -2.18. The third-order valence-corrected chi connectivity index (χ3v) is 4.06. The van der Waals surface area contributed by atoms with Crippen LogP contribution in [0.1, 0.15) is 36.1 Å². The van der Waals surface area contributed by atoms with Crippen LogP contribution in [0.5, 0.6) is 0 Å². The van der Waals surface area contributed by atoms with Crippen molar-refractivity contribution < 1.29 is 0 Å². The maximum Gasteiger partial charge on any atom is 0.0326 e. The van der Waals surface area contributed by atoms with E-state index in [2.05, 4.69) is 61.6 Å². The van der Waals surface area contributed by atoms with E-state index in [9.17, 15) is 0 Å². The van der Waals surface area contributed by atoms with Gasteiger partial charge < -0.3 is 5.32 Å². The van der Waals surface area contributed by atoms with Gasteiger partial charge in [-0.25, -0.2) is 0 Å². The lowest BCUT2D eigenvalue weighted by Gasteiger charge is -2.13. The maximum absolute atomic E-state index is 3.57. The third-order valence-electron chi connectivity index (χ3n) is 4.06. The highest BCUT2D eigenvalue weighted by molar-refractivity contribution is 5.65. The Bertz CT molecular complexity index is 569. The SMILES string of the molecule is CCNC1CCc2cc(-c3ccc(C)cc3)ccc21. The highest BCUT2D eigenvalue weighted by Gasteiger charge is 2.21. The summed E-state index contributed by atoms with van der Waals surface area (Å²) < 4.78 is 0. The van der Waals surface area contributed by atoms with Gasteiger partial charge in [-0.15, -0.1) is 0 Å². The van der Waals surface area contributed by atoms with Gasteiger partial charge in [0.25, 0.3) is 0 Å². The van der Waals surface area contributed by atoms with Gasteiger partial charge in [0.15, 0.2) is 0 Å². The van der Waals surface area contributed by atoms with Crippen molar-refractivity contribution in [3.05, 3.63) is 59.2 Å².